The third-order valence-corrected chi connectivity index (χ3v) is 1.06. The Morgan fingerprint density at radius 3 is 2.55 bits per heavy atom. The molecule has 0 radical (unpaired) electrons. The SMILES string of the molecule is C=C(C)C(=O)OC(C)COC. The van der Waals surface area contributed by atoms with Crippen LogP contribution in [-0.4, -0.2) is 25.8 Å². The number of hydrogen-bond donors (Lipinski definition) is 0. The molecule has 3 nitrogen and oxygen atoms in total. The Hall–Kier alpha value is -0.830. The molecule has 0 saturated heterocycles. The van der Waals surface area contributed by atoms with E-state index in [9.17, 15) is 4.79 Å². The average Bonchev–Trinajstić information content (AvgIpc) is 1.87. The van der Waals surface area contributed by atoms with Crippen molar-refractivity contribution in [3.63, 3.8) is 0 Å². The summed E-state index contributed by atoms with van der Waals surface area (Å²) in [5.41, 5.74) is 0.410. The molecule has 0 spiro atoms. The molecule has 3 heteroatoms. The van der Waals surface area contributed by atoms with Gasteiger partial charge in [0.05, 0.1) is 6.61 Å². The zero-order valence-electron chi connectivity index (χ0n) is 7.22. The van der Waals surface area contributed by atoms with Crippen molar-refractivity contribution in [2.24, 2.45) is 0 Å². The summed E-state index contributed by atoms with van der Waals surface area (Å²) in [5.74, 6) is -0.366. The first-order chi connectivity index (χ1) is 5.07. The molecule has 64 valence electrons. The molecule has 0 fully saturated rings. The van der Waals surface area contributed by atoms with Crippen molar-refractivity contribution >= 4 is 5.97 Å². The minimum Gasteiger partial charge on any atom is -0.457 e. The van der Waals surface area contributed by atoms with Crippen molar-refractivity contribution in [3.8, 4) is 0 Å². The van der Waals surface area contributed by atoms with Crippen molar-refractivity contribution in [1.82, 2.24) is 0 Å². The molecule has 0 aromatic rings. The van der Waals surface area contributed by atoms with Crippen molar-refractivity contribution in [3.05, 3.63) is 12.2 Å². The number of carbonyl (C=O) groups is 1. The second-order valence-electron chi connectivity index (χ2n) is 2.45. The van der Waals surface area contributed by atoms with Gasteiger partial charge in [-0.2, -0.15) is 0 Å². The van der Waals surface area contributed by atoms with E-state index in [1.165, 1.54) is 0 Å². The molecule has 0 aliphatic carbocycles. The summed E-state index contributed by atoms with van der Waals surface area (Å²) in [4.78, 5) is 10.9. The molecule has 11 heavy (non-hydrogen) atoms. The fraction of sp³-hybridized carbons (Fsp3) is 0.625. The largest absolute Gasteiger partial charge is 0.457 e. The van der Waals surface area contributed by atoms with Crippen LogP contribution in [0.25, 0.3) is 0 Å². The number of ether oxygens (including phenoxy) is 2. The van der Waals surface area contributed by atoms with E-state index in [-0.39, 0.29) is 12.1 Å². The highest BCUT2D eigenvalue weighted by molar-refractivity contribution is 5.87. The molecule has 0 amide bonds. The standard InChI is InChI=1S/C8H14O3/c1-6(2)8(9)11-7(3)5-10-4/h7H,1,5H2,2-4H3. The van der Waals surface area contributed by atoms with Gasteiger partial charge in [0.2, 0.25) is 0 Å². The maximum atomic E-state index is 10.9. The average molecular weight is 158 g/mol. The molecule has 0 aromatic heterocycles. The molecular weight excluding hydrogens is 144 g/mol. The Kier molecular flexibility index (Phi) is 4.54. The van der Waals surface area contributed by atoms with Crippen molar-refractivity contribution in [1.29, 1.82) is 0 Å². The maximum absolute atomic E-state index is 10.9. The number of methoxy groups -OCH3 is 1. The van der Waals surface area contributed by atoms with Crippen molar-refractivity contribution < 1.29 is 14.3 Å². The van der Waals surface area contributed by atoms with Crippen LogP contribution < -0.4 is 0 Å². The van der Waals surface area contributed by atoms with Crippen LogP contribution in [0.1, 0.15) is 13.8 Å². The van der Waals surface area contributed by atoms with Gasteiger partial charge in [-0.25, -0.2) is 4.79 Å². The monoisotopic (exact) mass is 158 g/mol. The highest BCUT2D eigenvalue weighted by Crippen LogP contribution is 1.97. The van der Waals surface area contributed by atoms with E-state index >= 15 is 0 Å². The van der Waals surface area contributed by atoms with E-state index in [1.807, 2.05) is 0 Å². The van der Waals surface area contributed by atoms with Gasteiger partial charge < -0.3 is 9.47 Å². The maximum Gasteiger partial charge on any atom is 0.333 e. The van der Waals surface area contributed by atoms with Crippen LogP contribution in [-0.2, 0) is 14.3 Å². The Morgan fingerprint density at radius 2 is 2.18 bits per heavy atom. The summed E-state index contributed by atoms with van der Waals surface area (Å²) < 4.78 is 9.67. The first kappa shape index (κ1) is 10.2. The van der Waals surface area contributed by atoms with Gasteiger partial charge in [0.1, 0.15) is 6.10 Å². The quantitative estimate of drug-likeness (QED) is 0.454. The molecule has 0 heterocycles. The van der Waals surface area contributed by atoms with Gasteiger partial charge in [0.25, 0.3) is 0 Å². The summed E-state index contributed by atoms with van der Waals surface area (Å²) in [7, 11) is 1.56. The van der Waals surface area contributed by atoms with Crippen LogP contribution in [0.2, 0.25) is 0 Å². The van der Waals surface area contributed by atoms with Crippen LogP contribution in [0, 0.1) is 0 Å². The summed E-state index contributed by atoms with van der Waals surface area (Å²) in [6, 6.07) is 0. The van der Waals surface area contributed by atoms with E-state index in [0.717, 1.165) is 0 Å². The van der Waals surface area contributed by atoms with E-state index in [0.29, 0.717) is 12.2 Å². The van der Waals surface area contributed by atoms with Crippen LogP contribution in [0.5, 0.6) is 0 Å². The Morgan fingerprint density at radius 1 is 1.64 bits per heavy atom. The summed E-state index contributed by atoms with van der Waals surface area (Å²) in [6.45, 7) is 7.25. The molecule has 0 aromatic carbocycles. The van der Waals surface area contributed by atoms with Gasteiger partial charge >= 0.3 is 5.97 Å². The zero-order chi connectivity index (χ0) is 8.85. The first-order valence-corrected chi connectivity index (χ1v) is 3.43. The van der Waals surface area contributed by atoms with E-state index in [2.05, 4.69) is 6.58 Å². The number of esters is 1. The van der Waals surface area contributed by atoms with E-state index < -0.39 is 0 Å². The number of carbonyl (C=O) groups excluding carboxylic acids is 1. The second-order valence-corrected chi connectivity index (χ2v) is 2.45. The van der Waals surface area contributed by atoms with E-state index in [1.54, 1.807) is 21.0 Å². The molecular formula is C8H14O3. The topological polar surface area (TPSA) is 35.5 Å². The number of rotatable bonds is 4. The van der Waals surface area contributed by atoms with Crippen LogP contribution in [0.4, 0.5) is 0 Å². The molecule has 0 saturated carbocycles. The number of hydrogen-bond acceptors (Lipinski definition) is 3. The van der Waals surface area contributed by atoms with Crippen LogP contribution in [0.15, 0.2) is 12.2 Å². The smallest absolute Gasteiger partial charge is 0.333 e. The van der Waals surface area contributed by atoms with E-state index in [4.69, 9.17) is 9.47 Å². The van der Waals surface area contributed by atoms with Crippen LogP contribution >= 0.6 is 0 Å². The van der Waals surface area contributed by atoms with Gasteiger partial charge in [0, 0.05) is 12.7 Å². The highest BCUT2D eigenvalue weighted by Gasteiger charge is 2.08. The van der Waals surface area contributed by atoms with Crippen molar-refractivity contribution in [2.75, 3.05) is 13.7 Å². The lowest BCUT2D eigenvalue weighted by molar-refractivity contribution is -0.145. The minimum atomic E-state index is -0.366. The lowest BCUT2D eigenvalue weighted by Crippen LogP contribution is -2.19. The predicted octanol–water partition coefficient (Wildman–Crippen LogP) is 1.14. The van der Waals surface area contributed by atoms with Gasteiger partial charge in [0.15, 0.2) is 0 Å². The first-order valence-electron chi connectivity index (χ1n) is 3.43. The fourth-order valence-corrected chi connectivity index (χ4v) is 0.552. The fourth-order valence-electron chi connectivity index (χ4n) is 0.552. The van der Waals surface area contributed by atoms with Gasteiger partial charge in [-0.1, -0.05) is 6.58 Å². The summed E-state index contributed by atoms with van der Waals surface area (Å²) in [5, 5.41) is 0. The lowest BCUT2D eigenvalue weighted by Gasteiger charge is -2.11. The van der Waals surface area contributed by atoms with Gasteiger partial charge in [-0.3, -0.25) is 0 Å². The minimum absolute atomic E-state index is 0.204. The van der Waals surface area contributed by atoms with Gasteiger partial charge in [-0.15, -0.1) is 0 Å². The van der Waals surface area contributed by atoms with Crippen molar-refractivity contribution in [2.45, 2.75) is 20.0 Å². The molecule has 0 bridgehead atoms. The molecule has 0 aliphatic rings. The molecule has 0 rings (SSSR count). The normalized spacial score (nSPS) is 12.3. The van der Waals surface area contributed by atoms with Gasteiger partial charge in [-0.05, 0) is 13.8 Å². The summed E-state index contributed by atoms with van der Waals surface area (Å²) >= 11 is 0. The Labute approximate surface area is 67.0 Å². The highest BCUT2D eigenvalue weighted by atomic mass is 16.6. The zero-order valence-corrected chi connectivity index (χ0v) is 7.22. The predicted molar refractivity (Wildman–Crippen MR) is 42.2 cm³/mol. The molecule has 1 unspecified atom stereocenters. The Bertz CT molecular complexity index is 151. The third-order valence-electron chi connectivity index (χ3n) is 1.06. The molecule has 1 atom stereocenters. The molecule has 0 N–H and O–H groups in total. The summed E-state index contributed by atoms with van der Waals surface area (Å²) in [6.07, 6.45) is -0.204. The molecule has 0 aliphatic heterocycles. The lowest BCUT2D eigenvalue weighted by atomic mass is 10.3. The third kappa shape index (κ3) is 4.56. The van der Waals surface area contributed by atoms with Crippen LogP contribution in [0.3, 0.4) is 0 Å². The Balaban J connectivity index is 3.66. The second kappa shape index (κ2) is 4.91.